The van der Waals surface area contributed by atoms with E-state index in [0.717, 1.165) is 22.4 Å². The molecule has 0 fully saturated rings. The van der Waals surface area contributed by atoms with E-state index in [2.05, 4.69) is 0 Å². The van der Waals surface area contributed by atoms with Crippen LogP contribution in [0.4, 0.5) is 11.4 Å². The Kier molecular flexibility index (Phi) is 5.92. The minimum Gasteiger partial charge on any atom is -0.497 e. The second-order valence-electron chi connectivity index (χ2n) is 7.92. The maximum atomic E-state index is 13.9. The van der Waals surface area contributed by atoms with Crippen LogP contribution in [0.25, 0.3) is 5.57 Å². The van der Waals surface area contributed by atoms with Crippen molar-refractivity contribution in [2.45, 2.75) is 13.8 Å². The van der Waals surface area contributed by atoms with Crippen LogP contribution in [0.15, 0.2) is 72.4 Å². The number of anilines is 2. The lowest BCUT2D eigenvalue weighted by Gasteiger charge is -2.22. The van der Waals surface area contributed by atoms with Crippen LogP contribution in [0.3, 0.4) is 0 Å². The largest absolute Gasteiger partial charge is 0.497 e. The highest BCUT2D eigenvalue weighted by atomic mass is 16.5. The Labute approximate surface area is 193 Å². The summed E-state index contributed by atoms with van der Waals surface area (Å²) in [5.74, 6) is 0.136. The first kappa shape index (κ1) is 22.1. The summed E-state index contributed by atoms with van der Waals surface area (Å²) in [5, 5.41) is 0. The zero-order valence-electron chi connectivity index (χ0n) is 19.4. The Balaban J connectivity index is 1.92. The molecule has 3 aromatic carbocycles. The van der Waals surface area contributed by atoms with Gasteiger partial charge in [-0.15, -0.1) is 0 Å². The van der Waals surface area contributed by atoms with Gasteiger partial charge in [-0.1, -0.05) is 42.0 Å². The minimum atomic E-state index is -0.412. The lowest BCUT2D eigenvalue weighted by Crippen LogP contribution is -2.34. The Hall–Kier alpha value is -4.06. The molecule has 6 nitrogen and oxygen atoms in total. The third kappa shape index (κ3) is 3.84. The smallest absolute Gasteiger partial charge is 0.282 e. The van der Waals surface area contributed by atoms with Crippen molar-refractivity contribution in [3.8, 4) is 11.5 Å². The third-order valence-electron chi connectivity index (χ3n) is 5.82. The number of carbonyl (C=O) groups is 2. The summed E-state index contributed by atoms with van der Waals surface area (Å²) in [6, 6.07) is 20.4. The lowest BCUT2D eigenvalue weighted by molar-refractivity contribution is -0.120. The fourth-order valence-electron chi connectivity index (χ4n) is 4.14. The SMILES string of the molecule is COc1ccc(N2C(=O)C(c3ccc(C)cc3C)=C(N(C)c3ccccc3)C2=O)c(OC)c1. The van der Waals surface area contributed by atoms with E-state index < -0.39 is 11.8 Å². The van der Waals surface area contributed by atoms with Crippen LogP contribution in [0.5, 0.6) is 11.5 Å². The molecule has 6 heteroatoms. The second kappa shape index (κ2) is 8.82. The summed E-state index contributed by atoms with van der Waals surface area (Å²) in [6.45, 7) is 3.95. The normalized spacial score (nSPS) is 13.5. The molecule has 168 valence electrons. The number of imide groups is 1. The molecule has 4 rings (SSSR count). The van der Waals surface area contributed by atoms with Gasteiger partial charge >= 0.3 is 0 Å². The standard InChI is InChI=1S/C27H26N2O4/c1-17-11-13-21(18(2)15-17)24-25(28(3)19-9-7-6-8-10-19)27(31)29(26(24)30)22-14-12-20(32-4)16-23(22)33-5/h6-16H,1-5H3. The number of para-hydroxylation sites is 1. The maximum Gasteiger partial charge on any atom is 0.282 e. The van der Waals surface area contributed by atoms with E-state index in [1.54, 1.807) is 37.3 Å². The van der Waals surface area contributed by atoms with E-state index >= 15 is 0 Å². The van der Waals surface area contributed by atoms with Crippen molar-refractivity contribution in [1.82, 2.24) is 0 Å². The summed E-state index contributed by atoms with van der Waals surface area (Å²) in [7, 11) is 4.85. The number of methoxy groups -OCH3 is 2. The van der Waals surface area contributed by atoms with Gasteiger partial charge in [0.05, 0.1) is 25.5 Å². The minimum absolute atomic E-state index is 0.316. The highest BCUT2D eigenvalue weighted by Crippen LogP contribution is 2.41. The molecule has 3 aromatic rings. The van der Waals surface area contributed by atoms with Gasteiger partial charge in [-0.2, -0.15) is 0 Å². The van der Waals surface area contributed by atoms with Crippen LogP contribution in [0.2, 0.25) is 0 Å². The molecule has 0 saturated carbocycles. The topological polar surface area (TPSA) is 59.1 Å². The molecule has 0 atom stereocenters. The molecule has 1 aliphatic heterocycles. The van der Waals surface area contributed by atoms with Gasteiger partial charge in [0, 0.05) is 18.8 Å². The van der Waals surface area contributed by atoms with E-state index in [1.165, 1.54) is 12.0 Å². The molecule has 0 aliphatic carbocycles. The lowest BCUT2D eigenvalue weighted by atomic mass is 9.97. The fourth-order valence-corrected chi connectivity index (χ4v) is 4.14. The number of aryl methyl sites for hydroxylation is 2. The number of nitrogens with zero attached hydrogens (tertiary/aromatic N) is 2. The van der Waals surface area contributed by atoms with Crippen LogP contribution in [0, 0.1) is 13.8 Å². The Bertz CT molecular complexity index is 1260. The van der Waals surface area contributed by atoms with Crippen molar-refractivity contribution < 1.29 is 19.1 Å². The zero-order valence-corrected chi connectivity index (χ0v) is 19.4. The van der Waals surface area contributed by atoms with E-state index in [4.69, 9.17) is 9.47 Å². The van der Waals surface area contributed by atoms with Crippen LogP contribution < -0.4 is 19.3 Å². The summed E-state index contributed by atoms with van der Waals surface area (Å²) < 4.78 is 10.8. The first-order valence-electron chi connectivity index (χ1n) is 10.6. The van der Waals surface area contributed by atoms with Gasteiger partial charge in [-0.25, -0.2) is 4.90 Å². The predicted molar refractivity (Wildman–Crippen MR) is 130 cm³/mol. The molecule has 0 unspecified atom stereocenters. The Morgan fingerprint density at radius 3 is 2.18 bits per heavy atom. The molecule has 0 radical (unpaired) electrons. The number of carbonyl (C=O) groups excluding carboxylic acids is 2. The van der Waals surface area contributed by atoms with Crippen molar-refractivity contribution in [2.75, 3.05) is 31.1 Å². The Morgan fingerprint density at radius 2 is 1.55 bits per heavy atom. The van der Waals surface area contributed by atoms with E-state index in [1.807, 2.05) is 62.4 Å². The van der Waals surface area contributed by atoms with Gasteiger partial charge < -0.3 is 14.4 Å². The van der Waals surface area contributed by atoms with Crippen molar-refractivity contribution in [1.29, 1.82) is 0 Å². The van der Waals surface area contributed by atoms with Gasteiger partial charge in [0.1, 0.15) is 17.2 Å². The first-order chi connectivity index (χ1) is 15.9. The molecule has 0 saturated heterocycles. The van der Waals surface area contributed by atoms with Gasteiger partial charge in [-0.05, 0) is 49.2 Å². The van der Waals surface area contributed by atoms with E-state index in [-0.39, 0.29) is 0 Å². The van der Waals surface area contributed by atoms with E-state index in [0.29, 0.717) is 28.5 Å². The van der Waals surface area contributed by atoms with Gasteiger partial charge in [0.2, 0.25) is 0 Å². The highest BCUT2D eigenvalue weighted by Gasteiger charge is 2.43. The molecule has 0 N–H and O–H groups in total. The molecule has 0 aromatic heterocycles. The number of amides is 2. The monoisotopic (exact) mass is 442 g/mol. The maximum absolute atomic E-state index is 13.9. The van der Waals surface area contributed by atoms with Crippen molar-refractivity contribution >= 4 is 28.8 Å². The average molecular weight is 443 g/mol. The average Bonchev–Trinajstić information content (AvgIpc) is 3.08. The molecule has 2 amide bonds. The Morgan fingerprint density at radius 1 is 0.818 bits per heavy atom. The van der Waals surface area contributed by atoms with Gasteiger partial charge in [0.25, 0.3) is 11.8 Å². The third-order valence-corrected chi connectivity index (χ3v) is 5.82. The number of hydrogen-bond acceptors (Lipinski definition) is 5. The molecule has 1 aliphatic rings. The summed E-state index contributed by atoms with van der Waals surface area (Å²) in [6.07, 6.45) is 0. The van der Waals surface area contributed by atoms with Crippen LogP contribution in [-0.2, 0) is 9.59 Å². The van der Waals surface area contributed by atoms with Crippen molar-refractivity contribution in [3.05, 3.63) is 89.1 Å². The molecular formula is C27H26N2O4. The molecule has 33 heavy (non-hydrogen) atoms. The number of likely N-dealkylation sites (N-methyl/N-ethyl adjacent to an activating group) is 1. The number of hydrogen-bond donors (Lipinski definition) is 0. The fraction of sp³-hybridized carbons (Fsp3) is 0.185. The summed E-state index contributed by atoms with van der Waals surface area (Å²) in [4.78, 5) is 30.6. The molecule has 0 spiro atoms. The zero-order chi connectivity index (χ0) is 23.7. The van der Waals surface area contributed by atoms with Crippen LogP contribution in [-0.4, -0.2) is 33.1 Å². The van der Waals surface area contributed by atoms with Gasteiger partial charge in [-0.3, -0.25) is 9.59 Å². The highest BCUT2D eigenvalue weighted by molar-refractivity contribution is 6.46. The van der Waals surface area contributed by atoms with Crippen LogP contribution in [0.1, 0.15) is 16.7 Å². The van der Waals surface area contributed by atoms with Gasteiger partial charge in [0.15, 0.2) is 0 Å². The number of benzene rings is 3. The second-order valence-corrected chi connectivity index (χ2v) is 7.92. The number of rotatable bonds is 6. The summed E-state index contributed by atoms with van der Waals surface area (Å²) >= 11 is 0. The molecule has 0 bridgehead atoms. The number of ether oxygens (including phenoxy) is 2. The molecule has 1 heterocycles. The van der Waals surface area contributed by atoms with Crippen molar-refractivity contribution in [2.24, 2.45) is 0 Å². The van der Waals surface area contributed by atoms with Crippen molar-refractivity contribution in [3.63, 3.8) is 0 Å². The summed E-state index contributed by atoms with van der Waals surface area (Å²) in [5.41, 5.74) is 4.59. The quantitative estimate of drug-likeness (QED) is 0.516. The molecular weight excluding hydrogens is 416 g/mol. The predicted octanol–water partition coefficient (Wildman–Crippen LogP) is 4.74. The first-order valence-corrected chi connectivity index (χ1v) is 10.6. The van der Waals surface area contributed by atoms with E-state index in [9.17, 15) is 9.59 Å². The van der Waals surface area contributed by atoms with Crippen LogP contribution >= 0.6 is 0 Å².